The summed E-state index contributed by atoms with van der Waals surface area (Å²) in [4.78, 5) is 17.2. The largest absolute Gasteiger partial charge is 0.350 e. The highest BCUT2D eigenvalue weighted by Crippen LogP contribution is 2.26. The Hall–Kier alpha value is -2.70. The monoisotopic (exact) mass is 400 g/mol. The second kappa shape index (κ2) is 8.99. The summed E-state index contributed by atoms with van der Waals surface area (Å²) in [5, 5.41) is 6.93. The Labute approximate surface area is 170 Å². The summed E-state index contributed by atoms with van der Waals surface area (Å²) >= 11 is 0. The predicted molar refractivity (Wildman–Crippen MR) is 111 cm³/mol. The van der Waals surface area contributed by atoms with Crippen molar-refractivity contribution in [2.24, 2.45) is 5.73 Å². The molecular formula is C21H25ClN4O2. The first-order valence-electron chi connectivity index (χ1n) is 8.88. The highest BCUT2D eigenvalue weighted by atomic mass is 35.5. The van der Waals surface area contributed by atoms with Crippen molar-refractivity contribution in [3.8, 4) is 11.5 Å². The maximum Gasteiger partial charge on any atom is 0.258 e. The fourth-order valence-corrected chi connectivity index (χ4v) is 2.62. The van der Waals surface area contributed by atoms with Crippen LogP contribution in [0.15, 0.2) is 59.1 Å². The molecule has 0 saturated carbocycles. The minimum Gasteiger partial charge on any atom is -0.350 e. The number of hydrogen-bond donors (Lipinski definition) is 2. The van der Waals surface area contributed by atoms with Crippen LogP contribution < -0.4 is 11.1 Å². The van der Waals surface area contributed by atoms with E-state index in [2.05, 4.69) is 15.5 Å². The van der Waals surface area contributed by atoms with Gasteiger partial charge in [0, 0.05) is 18.0 Å². The Morgan fingerprint density at radius 1 is 1.11 bits per heavy atom. The molecule has 0 bridgehead atoms. The van der Waals surface area contributed by atoms with Crippen LogP contribution in [0.3, 0.4) is 0 Å². The first kappa shape index (κ1) is 21.6. The number of nitrogens with one attached hydrogen (secondary N) is 1. The van der Waals surface area contributed by atoms with Crippen LogP contribution in [0.2, 0.25) is 0 Å². The van der Waals surface area contributed by atoms with Crippen molar-refractivity contribution in [1.82, 2.24) is 15.5 Å². The molecule has 3 aromatic rings. The fourth-order valence-electron chi connectivity index (χ4n) is 2.62. The number of nitrogens with zero attached hydrogens (tertiary/aromatic N) is 2. The van der Waals surface area contributed by atoms with Gasteiger partial charge in [0.1, 0.15) is 0 Å². The van der Waals surface area contributed by atoms with Crippen molar-refractivity contribution < 1.29 is 9.32 Å². The molecule has 0 spiro atoms. The van der Waals surface area contributed by atoms with Gasteiger partial charge in [-0.1, -0.05) is 68.4 Å². The molecule has 0 saturated heterocycles. The zero-order valence-corrected chi connectivity index (χ0v) is 17.0. The molecule has 0 radical (unpaired) electrons. The van der Waals surface area contributed by atoms with E-state index in [4.69, 9.17) is 10.3 Å². The number of halogens is 1. The molecule has 0 aliphatic heterocycles. The molecule has 28 heavy (non-hydrogen) atoms. The van der Waals surface area contributed by atoms with Gasteiger partial charge in [-0.2, -0.15) is 4.98 Å². The van der Waals surface area contributed by atoms with Crippen molar-refractivity contribution in [3.63, 3.8) is 0 Å². The van der Waals surface area contributed by atoms with Gasteiger partial charge in [-0.25, -0.2) is 0 Å². The Balaban J connectivity index is 0.00000280. The van der Waals surface area contributed by atoms with E-state index in [0.717, 1.165) is 5.56 Å². The smallest absolute Gasteiger partial charge is 0.258 e. The summed E-state index contributed by atoms with van der Waals surface area (Å²) in [7, 11) is 0. The molecule has 0 aliphatic rings. The summed E-state index contributed by atoms with van der Waals surface area (Å²) in [6, 6.07) is 16.6. The Bertz CT molecular complexity index is 919. The van der Waals surface area contributed by atoms with Crippen LogP contribution in [0.1, 0.15) is 48.6 Å². The number of carbonyl (C=O) groups is 1. The second-order valence-electron chi connectivity index (χ2n) is 7.45. The van der Waals surface area contributed by atoms with Crippen LogP contribution in [-0.2, 0) is 5.41 Å². The molecule has 2 aromatic carbocycles. The van der Waals surface area contributed by atoms with E-state index in [-0.39, 0.29) is 29.8 Å². The predicted octanol–water partition coefficient (Wildman–Crippen LogP) is 3.89. The summed E-state index contributed by atoms with van der Waals surface area (Å²) in [5.74, 6) is 0.698. The van der Waals surface area contributed by atoms with Crippen LogP contribution in [0.25, 0.3) is 11.5 Å². The maximum atomic E-state index is 12.7. The van der Waals surface area contributed by atoms with Crippen molar-refractivity contribution in [1.29, 1.82) is 0 Å². The number of aromatic nitrogens is 2. The molecule has 1 heterocycles. The van der Waals surface area contributed by atoms with E-state index in [0.29, 0.717) is 29.4 Å². The molecule has 3 rings (SSSR count). The number of benzene rings is 2. The third-order valence-corrected chi connectivity index (χ3v) is 4.21. The van der Waals surface area contributed by atoms with Crippen molar-refractivity contribution in [2.45, 2.75) is 32.2 Å². The van der Waals surface area contributed by atoms with Gasteiger partial charge in [0.15, 0.2) is 5.82 Å². The normalized spacial score (nSPS) is 12.1. The van der Waals surface area contributed by atoms with Gasteiger partial charge < -0.3 is 15.6 Å². The van der Waals surface area contributed by atoms with Crippen molar-refractivity contribution >= 4 is 18.3 Å². The average Bonchev–Trinajstić information content (AvgIpc) is 3.17. The van der Waals surface area contributed by atoms with Crippen LogP contribution in [-0.4, -0.2) is 22.6 Å². The minimum absolute atomic E-state index is 0. The molecule has 6 nitrogen and oxygen atoms in total. The highest BCUT2D eigenvalue weighted by molar-refractivity contribution is 5.99. The molecule has 1 unspecified atom stereocenters. The molecule has 148 valence electrons. The van der Waals surface area contributed by atoms with Crippen molar-refractivity contribution in [2.75, 3.05) is 6.54 Å². The van der Waals surface area contributed by atoms with Crippen LogP contribution in [0, 0.1) is 0 Å². The van der Waals surface area contributed by atoms with Crippen LogP contribution in [0.5, 0.6) is 0 Å². The third kappa shape index (κ3) is 4.97. The van der Waals surface area contributed by atoms with Gasteiger partial charge in [0.25, 0.3) is 11.8 Å². The molecule has 0 fully saturated rings. The van der Waals surface area contributed by atoms with Crippen LogP contribution in [0.4, 0.5) is 0 Å². The van der Waals surface area contributed by atoms with Gasteiger partial charge in [0.2, 0.25) is 0 Å². The van der Waals surface area contributed by atoms with E-state index in [1.807, 2.05) is 57.2 Å². The Morgan fingerprint density at radius 2 is 1.75 bits per heavy atom. The zero-order chi connectivity index (χ0) is 19.4. The number of carbonyl (C=O) groups excluding carboxylic acids is 1. The highest BCUT2D eigenvalue weighted by Gasteiger charge is 2.23. The second-order valence-corrected chi connectivity index (χ2v) is 7.45. The van der Waals surface area contributed by atoms with Crippen molar-refractivity contribution in [3.05, 3.63) is 71.5 Å². The molecule has 1 amide bonds. The molecular weight excluding hydrogens is 376 g/mol. The summed E-state index contributed by atoms with van der Waals surface area (Å²) in [6.07, 6.45) is 0. The zero-order valence-electron chi connectivity index (χ0n) is 16.2. The lowest BCUT2D eigenvalue weighted by Gasteiger charge is -2.14. The molecule has 3 N–H and O–H groups in total. The molecule has 1 aromatic heterocycles. The van der Waals surface area contributed by atoms with Gasteiger partial charge in [-0.3, -0.25) is 4.79 Å². The molecule has 0 aliphatic carbocycles. The number of amides is 1. The summed E-state index contributed by atoms with van der Waals surface area (Å²) in [5.41, 5.74) is 7.98. The van der Waals surface area contributed by atoms with E-state index in [9.17, 15) is 4.79 Å². The van der Waals surface area contributed by atoms with E-state index in [1.165, 1.54) is 0 Å². The molecule has 1 atom stereocenters. The summed E-state index contributed by atoms with van der Waals surface area (Å²) in [6.45, 7) is 6.34. The van der Waals surface area contributed by atoms with Gasteiger partial charge in [-0.05, 0) is 17.7 Å². The Kier molecular flexibility index (Phi) is 6.94. The van der Waals surface area contributed by atoms with E-state index >= 15 is 0 Å². The lowest BCUT2D eigenvalue weighted by Crippen LogP contribution is -2.32. The van der Waals surface area contributed by atoms with Gasteiger partial charge in [-0.15, -0.1) is 12.4 Å². The Morgan fingerprint density at radius 3 is 2.39 bits per heavy atom. The number of hydrogen-bond acceptors (Lipinski definition) is 5. The summed E-state index contributed by atoms with van der Waals surface area (Å²) < 4.78 is 5.40. The quantitative estimate of drug-likeness (QED) is 0.677. The van der Waals surface area contributed by atoms with Crippen LogP contribution >= 0.6 is 12.4 Å². The number of rotatable bonds is 5. The first-order valence-corrected chi connectivity index (χ1v) is 8.88. The van der Waals surface area contributed by atoms with E-state index in [1.54, 1.807) is 18.2 Å². The fraction of sp³-hybridized carbons (Fsp3) is 0.286. The third-order valence-electron chi connectivity index (χ3n) is 4.21. The molecule has 7 heteroatoms. The topological polar surface area (TPSA) is 94.0 Å². The first-order chi connectivity index (χ1) is 12.9. The van der Waals surface area contributed by atoms with Gasteiger partial charge in [0.05, 0.1) is 11.1 Å². The maximum absolute atomic E-state index is 12.7. The lowest BCUT2D eigenvalue weighted by molar-refractivity contribution is 0.0951. The minimum atomic E-state index is -0.279. The SMILES string of the molecule is CC(C)(C)c1noc(-c2ccccc2C(=O)NCC(N)c2ccccc2)n1.Cl. The average molecular weight is 401 g/mol. The standard InChI is InChI=1S/C21H24N4O2.ClH/c1-21(2,3)20-24-19(27-25-20)16-12-8-7-11-15(16)18(26)23-13-17(22)14-9-5-4-6-10-14;/h4-12,17H,13,22H2,1-3H3,(H,23,26);1H. The van der Waals surface area contributed by atoms with Gasteiger partial charge >= 0.3 is 0 Å². The van der Waals surface area contributed by atoms with E-state index < -0.39 is 0 Å². The lowest BCUT2D eigenvalue weighted by atomic mass is 9.96. The number of nitrogens with two attached hydrogens (primary N) is 1.